The van der Waals surface area contributed by atoms with Crippen molar-refractivity contribution in [3.8, 4) is 11.3 Å². The van der Waals surface area contributed by atoms with Crippen molar-refractivity contribution in [3.05, 3.63) is 60.6 Å². The van der Waals surface area contributed by atoms with E-state index in [-0.39, 0.29) is 0 Å². The first-order valence-electron chi connectivity index (χ1n) is 6.48. The van der Waals surface area contributed by atoms with E-state index in [0.29, 0.717) is 0 Å². The molecule has 4 nitrogen and oxygen atoms in total. The van der Waals surface area contributed by atoms with Crippen molar-refractivity contribution in [3.63, 3.8) is 0 Å². The summed E-state index contributed by atoms with van der Waals surface area (Å²) in [6, 6.07) is 14.2. The third kappa shape index (κ3) is 1.58. The number of rotatable bonds is 1. The molecule has 0 atom stereocenters. The monoisotopic (exact) mass is 260 g/mol. The minimum atomic E-state index is 0.869. The number of aromatic nitrogens is 4. The van der Waals surface area contributed by atoms with Crippen molar-refractivity contribution in [1.29, 1.82) is 0 Å². The SMILES string of the molecule is Cc1cc2nc(-c3ccncc3)c3ccccc3n2n1. The van der Waals surface area contributed by atoms with Crippen molar-refractivity contribution in [2.75, 3.05) is 0 Å². The maximum absolute atomic E-state index is 4.77. The number of pyridine rings is 1. The zero-order valence-corrected chi connectivity index (χ0v) is 11.0. The molecule has 0 bridgehead atoms. The van der Waals surface area contributed by atoms with E-state index in [0.717, 1.165) is 33.5 Å². The average Bonchev–Trinajstić information content (AvgIpc) is 2.88. The summed E-state index contributed by atoms with van der Waals surface area (Å²) in [4.78, 5) is 8.84. The molecule has 1 aromatic carbocycles. The summed E-state index contributed by atoms with van der Waals surface area (Å²) in [5, 5.41) is 5.61. The Morgan fingerprint density at radius 3 is 2.65 bits per heavy atom. The van der Waals surface area contributed by atoms with Crippen LogP contribution in [0.2, 0.25) is 0 Å². The van der Waals surface area contributed by atoms with Gasteiger partial charge in [-0.3, -0.25) is 4.98 Å². The van der Waals surface area contributed by atoms with Crippen LogP contribution in [0.1, 0.15) is 5.69 Å². The maximum Gasteiger partial charge on any atom is 0.156 e. The van der Waals surface area contributed by atoms with Crippen LogP contribution >= 0.6 is 0 Å². The van der Waals surface area contributed by atoms with Crippen LogP contribution in [0.5, 0.6) is 0 Å². The first-order valence-corrected chi connectivity index (χ1v) is 6.48. The Hall–Kier alpha value is -2.75. The Morgan fingerprint density at radius 1 is 1.00 bits per heavy atom. The van der Waals surface area contributed by atoms with Gasteiger partial charge in [0.1, 0.15) is 0 Å². The molecule has 0 aliphatic heterocycles. The molecule has 0 saturated carbocycles. The van der Waals surface area contributed by atoms with Gasteiger partial charge in [-0.2, -0.15) is 5.10 Å². The Labute approximate surface area is 115 Å². The fourth-order valence-corrected chi connectivity index (χ4v) is 2.51. The molecule has 3 heterocycles. The number of hydrogen-bond donors (Lipinski definition) is 0. The lowest BCUT2D eigenvalue weighted by atomic mass is 10.1. The van der Waals surface area contributed by atoms with Crippen molar-refractivity contribution < 1.29 is 0 Å². The third-order valence-electron chi connectivity index (χ3n) is 3.38. The number of para-hydroxylation sites is 1. The van der Waals surface area contributed by atoms with Gasteiger partial charge in [-0.1, -0.05) is 18.2 Å². The summed E-state index contributed by atoms with van der Waals surface area (Å²) < 4.78 is 1.90. The highest BCUT2D eigenvalue weighted by atomic mass is 15.3. The smallest absolute Gasteiger partial charge is 0.156 e. The molecule has 0 unspecified atom stereocenters. The number of nitrogens with zero attached hydrogens (tertiary/aromatic N) is 4. The predicted molar refractivity (Wildman–Crippen MR) is 78.5 cm³/mol. The second-order valence-corrected chi connectivity index (χ2v) is 4.77. The summed E-state index contributed by atoms with van der Waals surface area (Å²) in [5.74, 6) is 0. The lowest BCUT2D eigenvalue weighted by Crippen LogP contribution is -1.96. The summed E-state index contributed by atoms with van der Waals surface area (Å²) in [7, 11) is 0. The van der Waals surface area contributed by atoms with Gasteiger partial charge in [-0.05, 0) is 25.1 Å². The zero-order valence-electron chi connectivity index (χ0n) is 11.0. The van der Waals surface area contributed by atoms with E-state index in [9.17, 15) is 0 Å². The fraction of sp³-hybridized carbons (Fsp3) is 0.0625. The van der Waals surface area contributed by atoms with Gasteiger partial charge in [0.05, 0.1) is 16.9 Å². The van der Waals surface area contributed by atoms with Crippen LogP contribution < -0.4 is 0 Å². The van der Waals surface area contributed by atoms with Crippen molar-refractivity contribution >= 4 is 16.6 Å². The lowest BCUT2D eigenvalue weighted by Gasteiger charge is -2.07. The number of benzene rings is 1. The molecule has 0 N–H and O–H groups in total. The highest BCUT2D eigenvalue weighted by Gasteiger charge is 2.11. The zero-order chi connectivity index (χ0) is 13.5. The molecule has 0 saturated heterocycles. The molecule has 0 spiro atoms. The Kier molecular flexibility index (Phi) is 2.29. The van der Waals surface area contributed by atoms with Crippen molar-refractivity contribution in [2.45, 2.75) is 6.92 Å². The first-order chi connectivity index (χ1) is 9.83. The largest absolute Gasteiger partial charge is 0.265 e. The predicted octanol–water partition coefficient (Wildman–Crippen LogP) is 3.25. The van der Waals surface area contributed by atoms with E-state index < -0.39 is 0 Å². The Bertz CT molecular complexity index is 910. The van der Waals surface area contributed by atoms with Gasteiger partial charge in [-0.25, -0.2) is 9.50 Å². The van der Waals surface area contributed by atoms with Crippen LogP contribution in [-0.2, 0) is 0 Å². The van der Waals surface area contributed by atoms with E-state index in [2.05, 4.69) is 22.2 Å². The molecule has 20 heavy (non-hydrogen) atoms. The molecular formula is C16H12N4. The molecule has 0 aliphatic rings. The molecule has 0 amide bonds. The van der Waals surface area contributed by atoms with Crippen LogP contribution in [0, 0.1) is 6.92 Å². The normalized spacial score (nSPS) is 11.2. The molecule has 0 fully saturated rings. The number of fused-ring (bicyclic) bond motifs is 3. The van der Waals surface area contributed by atoms with Crippen LogP contribution in [0.4, 0.5) is 0 Å². The van der Waals surface area contributed by atoms with Gasteiger partial charge in [0.2, 0.25) is 0 Å². The molecule has 96 valence electrons. The Morgan fingerprint density at radius 2 is 1.80 bits per heavy atom. The minimum absolute atomic E-state index is 0.869. The Balaban J connectivity index is 2.18. The molecular weight excluding hydrogens is 248 g/mol. The second-order valence-electron chi connectivity index (χ2n) is 4.77. The average molecular weight is 260 g/mol. The standard InChI is InChI=1S/C16H12N4/c1-11-10-15-18-16(12-6-8-17-9-7-12)13-4-2-3-5-14(13)20(15)19-11/h2-10H,1H3. The van der Waals surface area contributed by atoms with E-state index in [1.165, 1.54) is 0 Å². The lowest BCUT2D eigenvalue weighted by molar-refractivity contribution is 0.957. The van der Waals surface area contributed by atoms with Crippen molar-refractivity contribution in [1.82, 2.24) is 19.6 Å². The molecule has 3 aromatic heterocycles. The van der Waals surface area contributed by atoms with E-state index in [1.807, 2.05) is 41.8 Å². The van der Waals surface area contributed by atoms with E-state index in [1.54, 1.807) is 12.4 Å². The van der Waals surface area contributed by atoms with Crippen LogP contribution in [0.3, 0.4) is 0 Å². The van der Waals surface area contributed by atoms with Gasteiger partial charge >= 0.3 is 0 Å². The quantitative estimate of drug-likeness (QED) is 0.527. The van der Waals surface area contributed by atoms with Gasteiger partial charge in [0.15, 0.2) is 5.65 Å². The number of hydrogen-bond acceptors (Lipinski definition) is 3. The molecule has 4 rings (SSSR count). The highest BCUT2D eigenvalue weighted by Crippen LogP contribution is 2.27. The molecule has 0 aliphatic carbocycles. The molecule has 4 aromatic rings. The molecule has 0 radical (unpaired) electrons. The second kappa shape index (κ2) is 4.13. The summed E-state index contributed by atoms with van der Waals surface area (Å²) in [6.07, 6.45) is 3.58. The van der Waals surface area contributed by atoms with Crippen LogP contribution in [0.15, 0.2) is 54.9 Å². The van der Waals surface area contributed by atoms with Crippen LogP contribution in [-0.4, -0.2) is 19.6 Å². The van der Waals surface area contributed by atoms with Gasteiger partial charge < -0.3 is 0 Å². The van der Waals surface area contributed by atoms with E-state index in [4.69, 9.17) is 4.98 Å². The topological polar surface area (TPSA) is 43.1 Å². The van der Waals surface area contributed by atoms with Gasteiger partial charge in [0, 0.05) is 29.4 Å². The fourth-order valence-electron chi connectivity index (χ4n) is 2.51. The van der Waals surface area contributed by atoms with E-state index >= 15 is 0 Å². The van der Waals surface area contributed by atoms with Crippen molar-refractivity contribution in [2.24, 2.45) is 0 Å². The maximum atomic E-state index is 4.77. The number of aryl methyl sites for hydroxylation is 1. The van der Waals surface area contributed by atoms with Crippen LogP contribution in [0.25, 0.3) is 27.8 Å². The third-order valence-corrected chi connectivity index (χ3v) is 3.38. The summed E-state index contributed by atoms with van der Waals surface area (Å²) >= 11 is 0. The first kappa shape index (κ1) is 11.1. The molecule has 4 heteroatoms. The highest BCUT2D eigenvalue weighted by molar-refractivity contribution is 5.94. The minimum Gasteiger partial charge on any atom is -0.265 e. The summed E-state index contributed by atoms with van der Waals surface area (Å²) in [5.41, 5.74) is 4.94. The van der Waals surface area contributed by atoms with Gasteiger partial charge in [0.25, 0.3) is 0 Å². The van der Waals surface area contributed by atoms with Gasteiger partial charge in [-0.15, -0.1) is 0 Å². The summed E-state index contributed by atoms with van der Waals surface area (Å²) in [6.45, 7) is 1.98.